The van der Waals surface area contributed by atoms with Crippen LogP contribution in [0.2, 0.25) is 0 Å². The van der Waals surface area contributed by atoms with E-state index in [-0.39, 0.29) is 5.91 Å². The zero-order valence-electron chi connectivity index (χ0n) is 9.07. The molecule has 0 heterocycles. The van der Waals surface area contributed by atoms with Gasteiger partial charge in [0.1, 0.15) is 0 Å². The number of amides is 1. The number of nitrogens with zero attached hydrogens (tertiary/aromatic N) is 1. The van der Waals surface area contributed by atoms with Crippen molar-refractivity contribution in [3.63, 3.8) is 0 Å². The molecule has 0 aliphatic rings. The minimum atomic E-state index is -0.0384. The molecule has 1 rings (SSSR count). The van der Waals surface area contributed by atoms with E-state index in [2.05, 4.69) is 5.32 Å². The first-order valence-electron chi connectivity index (χ1n) is 5.20. The Morgan fingerprint density at radius 2 is 2.31 bits per heavy atom. The third-order valence-electron chi connectivity index (χ3n) is 2.10. The molecule has 0 aliphatic heterocycles. The van der Waals surface area contributed by atoms with E-state index in [4.69, 9.17) is 11.0 Å². The molecule has 0 aromatic heterocycles. The first-order chi connectivity index (χ1) is 7.72. The predicted molar refractivity (Wildman–Crippen MR) is 62.4 cm³/mol. The summed E-state index contributed by atoms with van der Waals surface area (Å²) in [5.74, 6) is -0.0384. The molecular formula is C12H15N3O. The second-order valence-corrected chi connectivity index (χ2v) is 3.53. The van der Waals surface area contributed by atoms with E-state index in [9.17, 15) is 4.79 Å². The van der Waals surface area contributed by atoms with Gasteiger partial charge in [0.25, 0.3) is 0 Å². The zero-order valence-corrected chi connectivity index (χ0v) is 9.07. The molecule has 0 saturated carbocycles. The molecule has 0 aliphatic carbocycles. The van der Waals surface area contributed by atoms with Crippen molar-refractivity contribution in [1.82, 2.24) is 5.32 Å². The number of nitriles is 1. The minimum Gasteiger partial charge on any atom is -0.399 e. The highest BCUT2D eigenvalue weighted by Gasteiger charge is 2.02. The second kappa shape index (κ2) is 6.46. The third-order valence-corrected chi connectivity index (χ3v) is 2.10. The molecule has 1 aromatic carbocycles. The lowest BCUT2D eigenvalue weighted by atomic mass is 10.1. The maximum Gasteiger partial charge on any atom is 0.224 e. The number of hydrogen-bond acceptors (Lipinski definition) is 3. The Hall–Kier alpha value is -2.02. The maximum atomic E-state index is 11.5. The van der Waals surface area contributed by atoms with Gasteiger partial charge in [-0.2, -0.15) is 5.26 Å². The number of carbonyl (C=O) groups excluding carboxylic acids is 1. The van der Waals surface area contributed by atoms with Gasteiger partial charge in [-0.25, -0.2) is 0 Å². The Morgan fingerprint density at radius 3 is 3.00 bits per heavy atom. The van der Waals surface area contributed by atoms with Gasteiger partial charge in [-0.3, -0.25) is 4.79 Å². The van der Waals surface area contributed by atoms with Crippen LogP contribution in [0.1, 0.15) is 18.4 Å². The highest BCUT2D eigenvalue weighted by Crippen LogP contribution is 2.06. The maximum absolute atomic E-state index is 11.5. The van der Waals surface area contributed by atoms with Crippen molar-refractivity contribution in [2.45, 2.75) is 19.3 Å². The van der Waals surface area contributed by atoms with Crippen LogP contribution in [-0.4, -0.2) is 12.5 Å². The molecule has 1 amide bonds. The van der Waals surface area contributed by atoms with Crippen molar-refractivity contribution in [3.8, 4) is 6.07 Å². The van der Waals surface area contributed by atoms with E-state index in [0.717, 1.165) is 5.56 Å². The molecule has 4 heteroatoms. The fourth-order valence-electron chi connectivity index (χ4n) is 1.35. The first-order valence-corrected chi connectivity index (χ1v) is 5.20. The van der Waals surface area contributed by atoms with Crippen molar-refractivity contribution >= 4 is 11.6 Å². The Labute approximate surface area is 95.1 Å². The number of nitrogens with one attached hydrogen (secondary N) is 1. The van der Waals surface area contributed by atoms with Gasteiger partial charge in [-0.15, -0.1) is 0 Å². The quantitative estimate of drug-likeness (QED) is 0.575. The van der Waals surface area contributed by atoms with Crippen molar-refractivity contribution in [3.05, 3.63) is 29.8 Å². The van der Waals surface area contributed by atoms with E-state index in [1.807, 2.05) is 18.2 Å². The Balaban J connectivity index is 2.32. The summed E-state index contributed by atoms with van der Waals surface area (Å²) in [7, 11) is 0. The van der Waals surface area contributed by atoms with Gasteiger partial charge in [0.2, 0.25) is 5.91 Å². The van der Waals surface area contributed by atoms with Crippen LogP contribution in [0.5, 0.6) is 0 Å². The monoisotopic (exact) mass is 217 g/mol. The lowest BCUT2D eigenvalue weighted by Crippen LogP contribution is -2.26. The predicted octanol–water partition coefficient (Wildman–Crippen LogP) is 1.23. The molecule has 0 spiro atoms. The van der Waals surface area contributed by atoms with Crippen molar-refractivity contribution < 1.29 is 4.79 Å². The third kappa shape index (κ3) is 4.47. The molecule has 0 saturated heterocycles. The van der Waals surface area contributed by atoms with Crippen LogP contribution in [0, 0.1) is 11.3 Å². The number of rotatable bonds is 5. The van der Waals surface area contributed by atoms with Crippen LogP contribution < -0.4 is 11.1 Å². The number of benzene rings is 1. The summed E-state index contributed by atoms with van der Waals surface area (Å²) < 4.78 is 0. The summed E-state index contributed by atoms with van der Waals surface area (Å²) >= 11 is 0. The topological polar surface area (TPSA) is 78.9 Å². The summed E-state index contributed by atoms with van der Waals surface area (Å²) in [6, 6.07) is 9.30. The molecule has 0 bridgehead atoms. The normalized spacial score (nSPS) is 9.44. The van der Waals surface area contributed by atoms with E-state index in [0.29, 0.717) is 31.5 Å². The highest BCUT2D eigenvalue weighted by molar-refractivity contribution is 5.78. The van der Waals surface area contributed by atoms with Crippen LogP contribution in [0.25, 0.3) is 0 Å². The van der Waals surface area contributed by atoms with Crippen LogP contribution in [0.3, 0.4) is 0 Å². The molecule has 16 heavy (non-hydrogen) atoms. The van der Waals surface area contributed by atoms with Gasteiger partial charge in [-0.1, -0.05) is 12.1 Å². The minimum absolute atomic E-state index is 0.0384. The first kappa shape index (κ1) is 12.1. The number of anilines is 1. The van der Waals surface area contributed by atoms with Gasteiger partial charge in [0.05, 0.1) is 12.5 Å². The van der Waals surface area contributed by atoms with Gasteiger partial charge in [0, 0.05) is 18.7 Å². The Bertz CT molecular complexity index is 395. The summed E-state index contributed by atoms with van der Waals surface area (Å²) in [5, 5.41) is 11.1. The lowest BCUT2D eigenvalue weighted by molar-refractivity contribution is -0.120. The Morgan fingerprint density at radius 1 is 1.50 bits per heavy atom. The smallest absolute Gasteiger partial charge is 0.224 e. The number of nitrogens with two attached hydrogens (primary N) is 1. The molecule has 0 atom stereocenters. The molecule has 84 valence electrons. The summed E-state index contributed by atoms with van der Waals surface area (Å²) in [6.07, 6.45) is 1.50. The summed E-state index contributed by atoms with van der Waals surface area (Å²) in [5.41, 5.74) is 7.17. The molecule has 1 aromatic rings. The summed E-state index contributed by atoms with van der Waals surface area (Å²) in [4.78, 5) is 11.5. The van der Waals surface area contributed by atoms with E-state index < -0.39 is 0 Å². The summed E-state index contributed by atoms with van der Waals surface area (Å²) in [6.45, 7) is 0.550. The number of nitrogen functional groups attached to an aromatic ring is 1. The Kier molecular flexibility index (Phi) is 4.87. The van der Waals surface area contributed by atoms with Gasteiger partial charge in [-0.05, 0) is 24.1 Å². The molecule has 3 N–H and O–H groups in total. The van der Waals surface area contributed by atoms with Crippen LogP contribution in [-0.2, 0) is 11.2 Å². The molecule has 4 nitrogen and oxygen atoms in total. The fourth-order valence-corrected chi connectivity index (χ4v) is 1.35. The number of hydrogen-bond donors (Lipinski definition) is 2. The van der Waals surface area contributed by atoms with Gasteiger partial charge >= 0.3 is 0 Å². The van der Waals surface area contributed by atoms with E-state index >= 15 is 0 Å². The number of carbonyl (C=O) groups is 1. The average Bonchev–Trinajstić information content (AvgIpc) is 2.24. The van der Waals surface area contributed by atoms with Crippen molar-refractivity contribution in [1.29, 1.82) is 5.26 Å². The SMILES string of the molecule is N#CCCCNC(=O)Cc1cccc(N)c1. The highest BCUT2D eigenvalue weighted by atomic mass is 16.1. The van der Waals surface area contributed by atoms with E-state index in [1.165, 1.54) is 0 Å². The second-order valence-electron chi connectivity index (χ2n) is 3.53. The molecular weight excluding hydrogens is 202 g/mol. The fraction of sp³-hybridized carbons (Fsp3) is 0.333. The standard InChI is InChI=1S/C12H15N3O/c13-6-1-2-7-15-12(16)9-10-4-3-5-11(14)8-10/h3-5,8H,1-2,7,9,14H2,(H,15,16). The van der Waals surface area contributed by atoms with Crippen molar-refractivity contribution in [2.24, 2.45) is 0 Å². The zero-order chi connectivity index (χ0) is 11.8. The lowest BCUT2D eigenvalue weighted by Gasteiger charge is -2.04. The van der Waals surface area contributed by atoms with Gasteiger partial charge < -0.3 is 11.1 Å². The average molecular weight is 217 g/mol. The van der Waals surface area contributed by atoms with Crippen LogP contribution in [0.15, 0.2) is 24.3 Å². The van der Waals surface area contributed by atoms with Gasteiger partial charge in [0.15, 0.2) is 0 Å². The molecule has 0 unspecified atom stereocenters. The molecule has 0 fully saturated rings. The van der Waals surface area contributed by atoms with E-state index in [1.54, 1.807) is 12.1 Å². The van der Waals surface area contributed by atoms with Crippen LogP contribution >= 0.6 is 0 Å². The number of unbranched alkanes of at least 4 members (excludes halogenated alkanes) is 1. The molecule has 0 radical (unpaired) electrons. The van der Waals surface area contributed by atoms with Crippen LogP contribution in [0.4, 0.5) is 5.69 Å². The largest absolute Gasteiger partial charge is 0.399 e. The van der Waals surface area contributed by atoms with Crippen molar-refractivity contribution in [2.75, 3.05) is 12.3 Å².